The number of carbonyl (C=O) groups excluding carboxylic acids is 1. The van der Waals surface area contributed by atoms with Crippen molar-refractivity contribution in [2.45, 2.75) is 38.0 Å². The molecule has 0 amide bonds. The highest BCUT2D eigenvalue weighted by molar-refractivity contribution is 7.89. The average Bonchev–Trinajstić information content (AvgIpc) is 3.22. The van der Waals surface area contributed by atoms with Crippen LogP contribution < -0.4 is 4.72 Å². The van der Waals surface area contributed by atoms with E-state index in [0.717, 1.165) is 31.9 Å². The number of aromatic nitrogens is 1. The van der Waals surface area contributed by atoms with Gasteiger partial charge in [-0.15, -0.1) is 11.3 Å². The molecule has 0 bridgehead atoms. The fourth-order valence-corrected chi connectivity index (χ4v) is 5.77. The van der Waals surface area contributed by atoms with Crippen LogP contribution in [0.15, 0.2) is 71.6 Å². The van der Waals surface area contributed by atoms with Crippen LogP contribution in [0, 0.1) is 0 Å². The molecule has 1 N–H and O–H groups in total. The number of benzene rings is 3. The van der Waals surface area contributed by atoms with E-state index < -0.39 is 10.0 Å². The van der Waals surface area contributed by atoms with Gasteiger partial charge < -0.3 is 0 Å². The SMILES string of the molecule is CC(=O)c1cc(S(=O)(=O)NCCc2ccc3sc(-c4ccccc4)nc3c2)ccc1C(C)C. The van der Waals surface area contributed by atoms with E-state index in [-0.39, 0.29) is 23.1 Å². The van der Waals surface area contributed by atoms with Crippen LogP contribution in [-0.2, 0) is 16.4 Å². The van der Waals surface area contributed by atoms with Gasteiger partial charge in [0, 0.05) is 17.7 Å². The molecular weight excluding hydrogens is 452 g/mol. The Morgan fingerprint density at radius 3 is 2.48 bits per heavy atom. The molecule has 0 unspecified atom stereocenters. The number of carbonyl (C=O) groups is 1. The van der Waals surface area contributed by atoms with E-state index >= 15 is 0 Å². The predicted octanol–water partition coefficient (Wildman–Crippen LogP) is 5.81. The zero-order valence-electron chi connectivity index (χ0n) is 18.8. The molecule has 0 aliphatic heterocycles. The molecule has 0 atom stereocenters. The quantitative estimate of drug-likeness (QED) is 0.324. The summed E-state index contributed by atoms with van der Waals surface area (Å²) in [7, 11) is -3.72. The van der Waals surface area contributed by atoms with E-state index in [2.05, 4.69) is 4.72 Å². The third-order valence-electron chi connectivity index (χ3n) is 5.51. The molecule has 0 saturated heterocycles. The fourth-order valence-electron chi connectivity index (χ4n) is 3.76. The molecule has 3 aromatic carbocycles. The Morgan fingerprint density at radius 2 is 1.79 bits per heavy atom. The molecule has 4 rings (SSSR count). The molecular formula is C26H26N2O3S2. The van der Waals surface area contributed by atoms with Crippen molar-refractivity contribution >= 4 is 37.4 Å². The number of hydrogen-bond donors (Lipinski definition) is 1. The van der Waals surface area contributed by atoms with Gasteiger partial charge in [0.2, 0.25) is 10.0 Å². The number of Topliss-reactive ketones (excluding diaryl/α,β-unsaturated/α-hetero) is 1. The molecule has 0 aliphatic rings. The Bertz CT molecular complexity index is 1410. The number of nitrogens with zero attached hydrogens (tertiary/aromatic N) is 1. The van der Waals surface area contributed by atoms with Crippen molar-refractivity contribution < 1.29 is 13.2 Å². The van der Waals surface area contributed by atoms with Crippen molar-refractivity contribution in [3.8, 4) is 10.6 Å². The van der Waals surface area contributed by atoms with Gasteiger partial charge in [-0.05, 0) is 54.7 Å². The fraction of sp³-hybridized carbons (Fsp3) is 0.231. The first-order valence-electron chi connectivity index (χ1n) is 10.8. The van der Waals surface area contributed by atoms with Crippen LogP contribution in [-0.4, -0.2) is 25.7 Å². The number of sulfonamides is 1. The summed E-state index contributed by atoms with van der Waals surface area (Å²) < 4.78 is 29.4. The van der Waals surface area contributed by atoms with Gasteiger partial charge >= 0.3 is 0 Å². The largest absolute Gasteiger partial charge is 0.295 e. The lowest BCUT2D eigenvalue weighted by Crippen LogP contribution is -2.26. The minimum Gasteiger partial charge on any atom is -0.295 e. The Hall–Kier alpha value is -2.87. The molecule has 1 heterocycles. The van der Waals surface area contributed by atoms with Gasteiger partial charge in [-0.2, -0.15) is 0 Å². The Labute approximate surface area is 198 Å². The molecule has 0 saturated carbocycles. The molecule has 170 valence electrons. The highest BCUT2D eigenvalue weighted by Gasteiger charge is 2.18. The van der Waals surface area contributed by atoms with Gasteiger partial charge in [-0.25, -0.2) is 18.1 Å². The van der Waals surface area contributed by atoms with Crippen molar-refractivity contribution in [2.75, 3.05) is 6.54 Å². The van der Waals surface area contributed by atoms with Crippen LogP contribution in [0.25, 0.3) is 20.8 Å². The first-order valence-corrected chi connectivity index (χ1v) is 13.1. The second-order valence-electron chi connectivity index (χ2n) is 8.29. The maximum Gasteiger partial charge on any atom is 0.240 e. The minimum absolute atomic E-state index is 0.111. The Morgan fingerprint density at radius 1 is 1.03 bits per heavy atom. The van der Waals surface area contributed by atoms with Crippen LogP contribution in [0.1, 0.15) is 48.2 Å². The predicted molar refractivity (Wildman–Crippen MR) is 134 cm³/mol. The van der Waals surface area contributed by atoms with Gasteiger partial charge in [0.25, 0.3) is 0 Å². The zero-order chi connectivity index (χ0) is 23.6. The summed E-state index contributed by atoms with van der Waals surface area (Å²) in [6.45, 7) is 5.68. The maximum atomic E-state index is 12.8. The first-order chi connectivity index (χ1) is 15.7. The van der Waals surface area contributed by atoms with E-state index in [1.165, 1.54) is 13.0 Å². The van der Waals surface area contributed by atoms with Gasteiger partial charge in [0.15, 0.2) is 5.78 Å². The highest BCUT2D eigenvalue weighted by atomic mass is 32.2. The topological polar surface area (TPSA) is 76.1 Å². The molecule has 5 nitrogen and oxygen atoms in total. The summed E-state index contributed by atoms with van der Waals surface area (Å²) in [6, 6.07) is 20.9. The van der Waals surface area contributed by atoms with Gasteiger partial charge in [-0.1, -0.05) is 56.3 Å². The second-order valence-corrected chi connectivity index (χ2v) is 11.1. The molecule has 0 fully saturated rings. The minimum atomic E-state index is -3.72. The number of thiazole rings is 1. The van der Waals surface area contributed by atoms with Crippen LogP contribution in [0.5, 0.6) is 0 Å². The van der Waals surface area contributed by atoms with Gasteiger partial charge in [0.05, 0.1) is 15.1 Å². The van der Waals surface area contributed by atoms with E-state index in [0.29, 0.717) is 12.0 Å². The van der Waals surface area contributed by atoms with Crippen LogP contribution in [0.2, 0.25) is 0 Å². The summed E-state index contributed by atoms with van der Waals surface area (Å²) in [5.74, 6) is -0.00108. The van der Waals surface area contributed by atoms with E-state index in [4.69, 9.17) is 4.98 Å². The number of nitrogens with one attached hydrogen (secondary N) is 1. The molecule has 0 aliphatic carbocycles. The molecule has 0 spiro atoms. The average molecular weight is 479 g/mol. The van der Waals surface area contributed by atoms with E-state index in [9.17, 15) is 13.2 Å². The van der Waals surface area contributed by atoms with Crippen LogP contribution in [0.4, 0.5) is 0 Å². The van der Waals surface area contributed by atoms with Crippen LogP contribution >= 0.6 is 11.3 Å². The standard InChI is InChI=1S/C26H26N2O3S2/c1-17(2)22-11-10-21(16-23(22)18(3)29)33(30,31)27-14-13-19-9-12-25-24(15-19)28-26(32-25)20-7-5-4-6-8-20/h4-12,15-17,27H,13-14H2,1-3H3. The van der Waals surface area contributed by atoms with Crippen molar-refractivity contribution in [3.63, 3.8) is 0 Å². The van der Waals surface area contributed by atoms with Gasteiger partial charge in [-0.3, -0.25) is 4.79 Å². The lowest BCUT2D eigenvalue weighted by atomic mass is 9.95. The van der Waals surface area contributed by atoms with Crippen molar-refractivity contribution in [2.24, 2.45) is 0 Å². The van der Waals surface area contributed by atoms with E-state index in [1.807, 2.05) is 62.4 Å². The normalized spacial score (nSPS) is 11.9. The van der Waals surface area contributed by atoms with Crippen molar-refractivity contribution in [1.29, 1.82) is 0 Å². The second kappa shape index (κ2) is 9.55. The molecule has 0 radical (unpaired) electrons. The van der Waals surface area contributed by atoms with Crippen molar-refractivity contribution in [1.82, 2.24) is 9.71 Å². The molecule has 7 heteroatoms. The summed E-state index contributed by atoms with van der Waals surface area (Å²) in [6.07, 6.45) is 0.539. The van der Waals surface area contributed by atoms with Gasteiger partial charge in [0.1, 0.15) is 5.01 Å². The maximum absolute atomic E-state index is 12.8. The Kier molecular flexibility index (Phi) is 6.74. The lowest BCUT2D eigenvalue weighted by Gasteiger charge is -2.13. The number of ketones is 1. The number of fused-ring (bicyclic) bond motifs is 1. The number of rotatable bonds is 8. The summed E-state index contributed by atoms with van der Waals surface area (Å²) in [5, 5.41) is 0.967. The molecule has 1 aromatic heterocycles. The first kappa shape index (κ1) is 23.3. The van der Waals surface area contributed by atoms with Crippen LogP contribution in [0.3, 0.4) is 0 Å². The van der Waals surface area contributed by atoms with Crippen molar-refractivity contribution in [3.05, 3.63) is 83.4 Å². The monoisotopic (exact) mass is 478 g/mol. The van der Waals surface area contributed by atoms with E-state index in [1.54, 1.807) is 23.5 Å². The zero-order valence-corrected chi connectivity index (χ0v) is 20.5. The third-order valence-corrected chi connectivity index (χ3v) is 8.06. The summed E-state index contributed by atoms with van der Waals surface area (Å²) >= 11 is 1.64. The summed E-state index contributed by atoms with van der Waals surface area (Å²) in [4.78, 5) is 16.9. The lowest BCUT2D eigenvalue weighted by molar-refractivity contribution is 0.101. The Balaban J connectivity index is 1.47. The molecule has 4 aromatic rings. The smallest absolute Gasteiger partial charge is 0.240 e. The molecule has 33 heavy (non-hydrogen) atoms. The highest BCUT2D eigenvalue weighted by Crippen LogP contribution is 2.30. The third kappa shape index (κ3) is 5.21. The summed E-state index contributed by atoms with van der Waals surface area (Å²) in [5.41, 5.74) is 4.31. The number of hydrogen-bond acceptors (Lipinski definition) is 5.